The Hall–Kier alpha value is -3.18. The third-order valence-electron chi connectivity index (χ3n) is 4.95. The molecule has 1 heterocycles. The minimum atomic E-state index is -3.83. The molecule has 0 bridgehead atoms. The van der Waals surface area contributed by atoms with Crippen molar-refractivity contribution in [2.45, 2.75) is 25.2 Å². The van der Waals surface area contributed by atoms with E-state index >= 15 is 0 Å². The topological polar surface area (TPSA) is 62.3 Å². The molecule has 0 atom stereocenters. The van der Waals surface area contributed by atoms with Gasteiger partial charge in [-0.25, -0.2) is 0 Å². The number of aromatic amines is 1. The summed E-state index contributed by atoms with van der Waals surface area (Å²) in [7, 11) is -3.83. The number of H-pyrrole nitrogens is 1. The predicted octanol–water partition coefficient (Wildman–Crippen LogP) is 5.21. The molecular formula is C24H22N2O2S. The fraction of sp³-hybridized carbons (Fsp3) is 0.125. The molecule has 0 aliphatic heterocycles. The van der Waals surface area contributed by atoms with E-state index in [0.717, 1.165) is 33.3 Å². The van der Waals surface area contributed by atoms with Gasteiger partial charge in [0.05, 0.1) is 10.6 Å². The quantitative estimate of drug-likeness (QED) is 0.466. The fourth-order valence-electron chi connectivity index (χ4n) is 3.51. The molecule has 0 amide bonds. The molecule has 0 saturated carbocycles. The van der Waals surface area contributed by atoms with Crippen molar-refractivity contribution in [2.75, 3.05) is 0 Å². The zero-order chi connectivity index (χ0) is 20.4. The Bertz CT molecular complexity index is 1290. The number of fused-ring (bicyclic) bond motifs is 1. The summed E-state index contributed by atoms with van der Waals surface area (Å²) in [6.07, 6.45) is 0.425. The lowest BCUT2D eigenvalue weighted by atomic mass is 10.00. The number of aromatic nitrogens is 1. The van der Waals surface area contributed by atoms with Crippen molar-refractivity contribution in [1.82, 2.24) is 4.98 Å². The summed E-state index contributed by atoms with van der Waals surface area (Å²) < 4.78 is 30.5. The largest absolute Gasteiger partial charge is 0.358 e. The standard InChI is InChI=1S/C24H22N2O2S/c1-17-12-14-20(15-13-17)29(27,28)26-23(16-19-8-4-3-5-9-19)24-18(2)25-22-11-7-6-10-21(22)24/h3-15,25H,16H2,1-2H3/b26-23-. The number of rotatable bonds is 5. The van der Waals surface area contributed by atoms with Gasteiger partial charge in [-0.15, -0.1) is 0 Å². The van der Waals surface area contributed by atoms with Crippen LogP contribution in [-0.2, 0) is 16.4 Å². The Morgan fingerprint density at radius 2 is 1.52 bits per heavy atom. The van der Waals surface area contributed by atoms with Crippen molar-refractivity contribution in [1.29, 1.82) is 0 Å². The number of nitrogens with zero attached hydrogens (tertiary/aromatic N) is 1. The van der Waals surface area contributed by atoms with Gasteiger partial charge in [0.2, 0.25) is 0 Å². The Labute approximate surface area is 171 Å². The maximum absolute atomic E-state index is 13.1. The average Bonchev–Trinajstić information content (AvgIpc) is 3.04. The normalized spacial score (nSPS) is 12.4. The van der Waals surface area contributed by atoms with E-state index < -0.39 is 10.0 Å². The van der Waals surface area contributed by atoms with Gasteiger partial charge in [0, 0.05) is 28.6 Å². The van der Waals surface area contributed by atoms with E-state index in [2.05, 4.69) is 9.38 Å². The van der Waals surface area contributed by atoms with Gasteiger partial charge in [0.15, 0.2) is 0 Å². The van der Waals surface area contributed by atoms with E-state index in [-0.39, 0.29) is 4.90 Å². The third kappa shape index (κ3) is 4.00. The monoisotopic (exact) mass is 402 g/mol. The molecular weight excluding hydrogens is 380 g/mol. The van der Waals surface area contributed by atoms with Crippen molar-refractivity contribution in [3.63, 3.8) is 0 Å². The molecule has 3 aromatic carbocycles. The van der Waals surface area contributed by atoms with Crippen LogP contribution in [0.25, 0.3) is 10.9 Å². The highest BCUT2D eigenvalue weighted by molar-refractivity contribution is 7.90. The first-order chi connectivity index (χ1) is 13.9. The Balaban J connectivity index is 1.89. The summed E-state index contributed by atoms with van der Waals surface area (Å²) in [4.78, 5) is 3.55. The smallest absolute Gasteiger partial charge is 0.282 e. The summed E-state index contributed by atoms with van der Waals surface area (Å²) in [6, 6.07) is 24.5. The van der Waals surface area contributed by atoms with Crippen LogP contribution in [-0.4, -0.2) is 19.1 Å². The molecule has 29 heavy (non-hydrogen) atoms. The van der Waals surface area contributed by atoms with Crippen molar-refractivity contribution >= 4 is 26.6 Å². The van der Waals surface area contributed by atoms with Crippen LogP contribution in [0.1, 0.15) is 22.4 Å². The molecule has 4 aromatic rings. The van der Waals surface area contributed by atoms with E-state index in [0.29, 0.717) is 12.1 Å². The zero-order valence-corrected chi connectivity index (χ0v) is 17.2. The minimum absolute atomic E-state index is 0.200. The molecule has 0 saturated heterocycles. The molecule has 0 aliphatic rings. The first kappa shape index (κ1) is 19.2. The second-order valence-corrected chi connectivity index (χ2v) is 8.76. The predicted molar refractivity (Wildman–Crippen MR) is 118 cm³/mol. The number of sulfonamides is 1. The number of hydrogen-bond donors (Lipinski definition) is 1. The SMILES string of the molecule is Cc1ccc(S(=O)(=O)/N=C(/Cc2ccccc2)c2c(C)[nH]c3ccccc23)cc1. The molecule has 0 fully saturated rings. The number of aryl methyl sites for hydroxylation is 2. The molecule has 4 nitrogen and oxygen atoms in total. The van der Waals surface area contributed by atoms with Crippen LogP contribution >= 0.6 is 0 Å². The second kappa shape index (κ2) is 7.68. The molecule has 0 spiro atoms. The molecule has 5 heteroatoms. The van der Waals surface area contributed by atoms with E-state index in [1.807, 2.05) is 68.4 Å². The summed E-state index contributed by atoms with van der Waals surface area (Å²) >= 11 is 0. The van der Waals surface area contributed by atoms with Crippen LogP contribution < -0.4 is 0 Å². The summed E-state index contributed by atoms with van der Waals surface area (Å²) in [6.45, 7) is 3.88. The molecule has 0 unspecified atom stereocenters. The van der Waals surface area contributed by atoms with Crippen LogP contribution in [0.15, 0.2) is 88.2 Å². The molecule has 1 aromatic heterocycles. The van der Waals surface area contributed by atoms with Crippen LogP contribution in [0.3, 0.4) is 0 Å². The van der Waals surface area contributed by atoms with E-state index in [9.17, 15) is 8.42 Å². The maximum Gasteiger partial charge on any atom is 0.282 e. The molecule has 146 valence electrons. The van der Waals surface area contributed by atoms with Crippen LogP contribution in [0.2, 0.25) is 0 Å². The van der Waals surface area contributed by atoms with Crippen LogP contribution in [0, 0.1) is 13.8 Å². The number of para-hydroxylation sites is 1. The van der Waals surface area contributed by atoms with Crippen molar-refractivity contribution in [2.24, 2.45) is 4.40 Å². The fourth-order valence-corrected chi connectivity index (χ4v) is 4.54. The van der Waals surface area contributed by atoms with Gasteiger partial charge in [-0.3, -0.25) is 0 Å². The Kier molecular flexibility index (Phi) is 5.07. The first-order valence-electron chi connectivity index (χ1n) is 9.46. The number of benzene rings is 3. The van der Waals surface area contributed by atoms with Crippen molar-refractivity contribution in [3.8, 4) is 0 Å². The van der Waals surface area contributed by atoms with Gasteiger partial charge >= 0.3 is 0 Å². The number of nitrogens with one attached hydrogen (secondary N) is 1. The minimum Gasteiger partial charge on any atom is -0.358 e. The zero-order valence-electron chi connectivity index (χ0n) is 16.4. The summed E-state index contributed by atoms with van der Waals surface area (Å²) in [5, 5.41) is 0.971. The van der Waals surface area contributed by atoms with E-state index in [1.54, 1.807) is 24.3 Å². The highest BCUT2D eigenvalue weighted by Crippen LogP contribution is 2.26. The van der Waals surface area contributed by atoms with Gasteiger partial charge in [-0.05, 0) is 37.6 Å². The second-order valence-electron chi connectivity index (χ2n) is 7.16. The molecule has 0 radical (unpaired) electrons. The van der Waals surface area contributed by atoms with Crippen molar-refractivity contribution in [3.05, 3.63) is 101 Å². The van der Waals surface area contributed by atoms with Crippen LogP contribution in [0.5, 0.6) is 0 Å². The van der Waals surface area contributed by atoms with Gasteiger partial charge in [0.25, 0.3) is 10.0 Å². The summed E-state index contributed by atoms with van der Waals surface area (Å²) in [5.41, 5.74) is 5.26. The van der Waals surface area contributed by atoms with Gasteiger partial charge < -0.3 is 4.98 Å². The van der Waals surface area contributed by atoms with E-state index in [1.165, 1.54) is 0 Å². The van der Waals surface area contributed by atoms with E-state index in [4.69, 9.17) is 0 Å². The van der Waals surface area contributed by atoms with Gasteiger partial charge in [-0.1, -0.05) is 66.2 Å². The lowest BCUT2D eigenvalue weighted by molar-refractivity contribution is 0.598. The summed E-state index contributed by atoms with van der Waals surface area (Å²) in [5.74, 6) is 0. The maximum atomic E-state index is 13.1. The lowest BCUT2D eigenvalue weighted by Crippen LogP contribution is -2.11. The molecule has 0 aliphatic carbocycles. The Morgan fingerprint density at radius 1 is 0.862 bits per heavy atom. The molecule has 1 N–H and O–H groups in total. The lowest BCUT2D eigenvalue weighted by Gasteiger charge is -2.09. The Morgan fingerprint density at radius 3 is 2.24 bits per heavy atom. The van der Waals surface area contributed by atoms with Gasteiger partial charge in [-0.2, -0.15) is 12.8 Å². The first-order valence-corrected chi connectivity index (χ1v) is 10.9. The van der Waals surface area contributed by atoms with Gasteiger partial charge in [0.1, 0.15) is 0 Å². The number of hydrogen-bond acceptors (Lipinski definition) is 2. The highest BCUT2D eigenvalue weighted by atomic mass is 32.2. The highest BCUT2D eigenvalue weighted by Gasteiger charge is 2.20. The molecule has 4 rings (SSSR count). The van der Waals surface area contributed by atoms with Crippen molar-refractivity contribution < 1.29 is 8.42 Å². The third-order valence-corrected chi connectivity index (χ3v) is 6.27. The average molecular weight is 403 g/mol. The van der Waals surface area contributed by atoms with Crippen LogP contribution in [0.4, 0.5) is 0 Å².